The van der Waals surface area contributed by atoms with Crippen LogP contribution in [0.5, 0.6) is 0 Å². The summed E-state index contributed by atoms with van der Waals surface area (Å²) >= 11 is 0. The molecule has 2 aliphatic rings. The molecule has 0 spiro atoms. The number of ether oxygens (including phenoxy) is 2. The Morgan fingerprint density at radius 2 is 2.00 bits per heavy atom. The predicted octanol–water partition coefficient (Wildman–Crippen LogP) is 2.09. The summed E-state index contributed by atoms with van der Waals surface area (Å²) in [6, 6.07) is 0. The Kier molecular flexibility index (Phi) is 8.70. The molecule has 1 heterocycles. The molecule has 4 atom stereocenters. The molecule has 0 unspecified atom stereocenters. The van der Waals surface area contributed by atoms with E-state index in [2.05, 4.69) is 0 Å². The molecule has 2 rings (SSSR count). The quantitative estimate of drug-likeness (QED) is 0.209. The van der Waals surface area contributed by atoms with Gasteiger partial charge in [-0.15, -0.1) is 0 Å². The first-order valence-corrected chi connectivity index (χ1v) is 10.3. The molecule has 170 valence electrons. The summed E-state index contributed by atoms with van der Waals surface area (Å²) < 4.78 is 10.3. The first kappa shape index (κ1) is 24.9. The zero-order valence-corrected chi connectivity index (χ0v) is 18.5. The second-order valence-electron chi connectivity index (χ2n) is 8.11. The lowest BCUT2D eigenvalue weighted by Gasteiger charge is -2.25. The number of epoxide rings is 1. The zero-order chi connectivity index (χ0) is 23.2. The molecule has 0 radical (unpaired) electrons. The van der Waals surface area contributed by atoms with Crippen LogP contribution in [0.2, 0.25) is 0 Å². The highest BCUT2D eigenvalue weighted by Gasteiger charge is 2.70. The number of hydrogen-bond acceptors (Lipinski definition) is 7. The number of hydrogen-bond donors (Lipinski definition) is 3. The Hall–Kier alpha value is -2.32. The van der Waals surface area contributed by atoms with Crippen molar-refractivity contribution in [3.63, 3.8) is 0 Å². The third-order valence-corrected chi connectivity index (χ3v) is 5.39. The summed E-state index contributed by atoms with van der Waals surface area (Å²) in [5.74, 6) is -0.917. The van der Waals surface area contributed by atoms with Gasteiger partial charge in [0.1, 0.15) is 18.8 Å². The van der Waals surface area contributed by atoms with Crippen LogP contribution >= 0.6 is 0 Å². The second-order valence-corrected chi connectivity index (χ2v) is 8.11. The van der Waals surface area contributed by atoms with Crippen molar-refractivity contribution in [1.82, 2.24) is 0 Å². The van der Waals surface area contributed by atoms with Crippen molar-refractivity contribution in [2.75, 3.05) is 13.2 Å². The maximum atomic E-state index is 12.4. The molecular formula is C24H32O7. The van der Waals surface area contributed by atoms with Crippen LogP contribution in [0.15, 0.2) is 58.7 Å². The summed E-state index contributed by atoms with van der Waals surface area (Å²) in [7, 11) is 0. The van der Waals surface area contributed by atoms with Crippen molar-refractivity contribution in [3.8, 4) is 0 Å². The van der Waals surface area contributed by atoms with Crippen LogP contribution in [0.3, 0.4) is 0 Å². The number of rotatable bonds is 10. The molecule has 7 heteroatoms. The maximum Gasteiger partial charge on any atom is 0.302 e. The minimum Gasteiger partial charge on any atom is -0.461 e. The van der Waals surface area contributed by atoms with Crippen molar-refractivity contribution < 1.29 is 34.4 Å². The average molecular weight is 433 g/mol. The predicted molar refractivity (Wildman–Crippen MR) is 116 cm³/mol. The van der Waals surface area contributed by atoms with Crippen LogP contribution in [0.1, 0.15) is 40.5 Å². The Morgan fingerprint density at radius 1 is 1.29 bits per heavy atom. The molecule has 3 N–H and O–H groups in total. The lowest BCUT2D eigenvalue weighted by molar-refractivity contribution is -0.140. The van der Waals surface area contributed by atoms with Gasteiger partial charge in [-0.3, -0.25) is 9.59 Å². The van der Waals surface area contributed by atoms with Gasteiger partial charge < -0.3 is 24.8 Å². The van der Waals surface area contributed by atoms with Crippen LogP contribution < -0.4 is 0 Å². The number of carbonyl (C=O) groups excluding carboxylic acids is 2. The van der Waals surface area contributed by atoms with E-state index in [9.17, 15) is 19.8 Å². The highest BCUT2D eigenvalue weighted by atomic mass is 16.6. The molecule has 7 nitrogen and oxygen atoms in total. The molecule has 0 aromatic rings. The Balaban J connectivity index is 1.98. The fourth-order valence-electron chi connectivity index (χ4n) is 3.42. The van der Waals surface area contributed by atoms with E-state index in [1.807, 2.05) is 45.1 Å². The first-order valence-electron chi connectivity index (χ1n) is 10.3. The molecule has 1 aliphatic heterocycles. The zero-order valence-electron chi connectivity index (χ0n) is 18.5. The van der Waals surface area contributed by atoms with Gasteiger partial charge in [-0.1, -0.05) is 47.1 Å². The molecule has 0 aromatic carbocycles. The second kappa shape index (κ2) is 10.8. The van der Waals surface area contributed by atoms with Gasteiger partial charge in [-0.2, -0.15) is 0 Å². The summed E-state index contributed by atoms with van der Waals surface area (Å²) in [6.07, 6.45) is 8.93. The molecule has 0 aromatic heterocycles. The lowest BCUT2D eigenvalue weighted by Crippen LogP contribution is -2.46. The fraction of sp³-hybridized carbons (Fsp3) is 0.500. The number of esters is 1. The molecule has 1 saturated heterocycles. The largest absolute Gasteiger partial charge is 0.461 e. The van der Waals surface area contributed by atoms with E-state index >= 15 is 0 Å². The Morgan fingerprint density at radius 3 is 2.65 bits per heavy atom. The maximum absolute atomic E-state index is 12.4. The normalized spacial score (nSPS) is 27.8. The van der Waals surface area contributed by atoms with Gasteiger partial charge in [0, 0.05) is 12.5 Å². The van der Waals surface area contributed by atoms with Gasteiger partial charge in [0.25, 0.3) is 0 Å². The topological polar surface area (TPSA) is 117 Å². The van der Waals surface area contributed by atoms with Gasteiger partial charge in [0.15, 0.2) is 17.5 Å². The Labute approximate surface area is 183 Å². The number of aliphatic hydroxyl groups excluding tert-OH is 3. The SMILES string of the molecule is CC(=O)OCC1=C[C@H](O)[C@@]2([C@@H](O)/C=C(C)/C=C/C=C(\C)CC/C=C(/C)CO)O[C@H]2C1=O. The smallest absolute Gasteiger partial charge is 0.302 e. The number of aliphatic hydroxyl groups is 3. The van der Waals surface area contributed by atoms with E-state index in [1.54, 1.807) is 6.08 Å². The van der Waals surface area contributed by atoms with Crippen LogP contribution in [0, 0.1) is 0 Å². The van der Waals surface area contributed by atoms with Gasteiger partial charge >= 0.3 is 5.97 Å². The van der Waals surface area contributed by atoms with E-state index in [0.29, 0.717) is 0 Å². The summed E-state index contributed by atoms with van der Waals surface area (Å²) in [5.41, 5.74) is 1.65. The fourth-order valence-corrected chi connectivity index (χ4v) is 3.42. The number of carbonyl (C=O) groups is 2. The monoisotopic (exact) mass is 432 g/mol. The van der Waals surface area contributed by atoms with E-state index < -0.39 is 35.7 Å². The van der Waals surface area contributed by atoms with Crippen LogP contribution in [-0.2, 0) is 19.1 Å². The van der Waals surface area contributed by atoms with Crippen LogP contribution in [0.4, 0.5) is 0 Å². The van der Waals surface area contributed by atoms with Crippen LogP contribution in [-0.4, -0.2) is 64.2 Å². The molecule has 1 aliphatic carbocycles. The molecule has 31 heavy (non-hydrogen) atoms. The standard InChI is InChI=1S/C24H32O7/c1-15(8-6-10-17(3)13-25)7-5-9-16(2)11-20(27)24-21(28)12-19(14-30-18(4)26)22(29)23(24)31-24/h5,7,9-12,20-21,23,25,27-28H,6,8,13-14H2,1-4H3/b9-5+,15-7+,16-11+,17-10-/t20-,21-,23-,24+/m0/s1. The van der Waals surface area contributed by atoms with Crippen LogP contribution in [0.25, 0.3) is 0 Å². The molecule has 0 bridgehead atoms. The third kappa shape index (κ3) is 6.33. The molecule has 0 saturated carbocycles. The molecule has 0 amide bonds. The average Bonchev–Trinajstić information content (AvgIpc) is 3.47. The van der Waals surface area contributed by atoms with Crippen molar-refractivity contribution in [3.05, 3.63) is 58.7 Å². The van der Waals surface area contributed by atoms with Gasteiger partial charge in [-0.05, 0) is 39.7 Å². The first-order chi connectivity index (χ1) is 14.6. The minimum atomic E-state index is -1.39. The molecule has 1 fully saturated rings. The van der Waals surface area contributed by atoms with Crippen molar-refractivity contribution >= 4 is 11.8 Å². The highest BCUT2D eigenvalue weighted by molar-refractivity contribution is 6.03. The summed E-state index contributed by atoms with van der Waals surface area (Å²) in [6.45, 7) is 6.80. The minimum absolute atomic E-state index is 0.0740. The lowest BCUT2D eigenvalue weighted by atomic mass is 9.82. The van der Waals surface area contributed by atoms with E-state index in [1.165, 1.54) is 18.6 Å². The number of ketones is 1. The number of fused-ring (bicyclic) bond motifs is 1. The van der Waals surface area contributed by atoms with Gasteiger partial charge in [0.05, 0.1) is 6.61 Å². The molecular weight excluding hydrogens is 400 g/mol. The van der Waals surface area contributed by atoms with Gasteiger partial charge in [0.2, 0.25) is 0 Å². The summed E-state index contributed by atoms with van der Waals surface area (Å²) in [4.78, 5) is 23.4. The van der Waals surface area contributed by atoms with Crippen molar-refractivity contribution in [1.29, 1.82) is 0 Å². The number of Topliss-reactive ketones (excluding diaryl/α,β-unsaturated/α-hetero) is 1. The van der Waals surface area contributed by atoms with Gasteiger partial charge in [-0.25, -0.2) is 0 Å². The Bertz CT molecular complexity index is 846. The van der Waals surface area contributed by atoms with E-state index in [0.717, 1.165) is 24.0 Å². The van der Waals surface area contributed by atoms with Crippen molar-refractivity contribution in [2.45, 2.75) is 64.4 Å². The van der Waals surface area contributed by atoms with E-state index in [4.69, 9.17) is 14.6 Å². The number of allylic oxidation sites excluding steroid dienone is 6. The highest BCUT2D eigenvalue weighted by Crippen LogP contribution is 2.48. The summed E-state index contributed by atoms with van der Waals surface area (Å²) in [5, 5.41) is 30.1. The van der Waals surface area contributed by atoms with E-state index in [-0.39, 0.29) is 18.8 Å². The van der Waals surface area contributed by atoms with Crippen molar-refractivity contribution in [2.24, 2.45) is 0 Å². The third-order valence-electron chi connectivity index (χ3n) is 5.39.